The average molecular weight is 280 g/mol. The van der Waals surface area contributed by atoms with Gasteiger partial charge in [0.2, 0.25) is 0 Å². The maximum Gasteiger partial charge on any atom is 0.131 e. The lowest BCUT2D eigenvalue weighted by Gasteiger charge is -2.34. The number of hydrogen-bond donors (Lipinski definition) is 1. The summed E-state index contributed by atoms with van der Waals surface area (Å²) in [5.41, 5.74) is 0.628. The molecular weight excluding hydrogens is 255 g/mol. The van der Waals surface area contributed by atoms with Gasteiger partial charge in [0.05, 0.1) is 7.11 Å². The molecule has 1 heterocycles. The van der Waals surface area contributed by atoms with Crippen LogP contribution in [0.5, 0.6) is 5.75 Å². The highest BCUT2D eigenvalue weighted by molar-refractivity contribution is 5.37. The molecule has 112 valence electrons. The molecule has 1 fully saturated rings. The molecule has 1 aliphatic rings. The highest BCUT2D eigenvalue weighted by Gasteiger charge is 2.23. The molecular formula is C16H25FN2O. The number of likely N-dealkylation sites (N-methyl/N-ethyl adjacent to an activating group) is 1. The molecule has 0 bridgehead atoms. The Balaban J connectivity index is 2.06. The standard InChI is InChI=1S/C16H25FN2O/c1-4-19-10-6-7-13(11-19)18-12(2)16-14(17)8-5-9-15(16)20-3/h5,8-9,12-13,18H,4,6-7,10-11H2,1-3H3. The third-order valence-corrected chi connectivity index (χ3v) is 4.10. The molecule has 20 heavy (non-hydrogen) atoms. The first kappa shape index (κ1) is 15.3. The number of benzene rings is 1. The van der Waals surface area contributed by atoms with Gasteiger partial charge in [-0.2, -0.15) is 0 Å². The molecule has 0 saturated carbocycles. The Labute approximate surface area is 121 Å². The SMILES string of the molecule is CCN1CCCC(NC(C)c2c(F)cccc2OC)C1. The average Bonchev–Trinajstić information content (AvgIpc) is 2.46. The Morgan fingerprint density at radius 2 is 2.30 bits per heavy atom. The second kappa shape index (κ2) is 7.04. The summed E-state index contributed by atoms with van der Waals surface area (Å²) in [6.07, 6.45) is 2.35. The lowest BCUT2D eigenvalue weighted by atomic mass is 10.0. The van der Waals surface area contributed by atoms with Crippen LogP contribution in [0.4, 0.5) is 4.39 Å². The summed E-state index contributed by atoms with van der Waals surface area (Å²) >= 11 is 0. The number of piperidine rings is 1. The van der Waals surface area contributed by atoms with Crippen LogP contribution in [0, 0.1) is 5.82 Å². The van der Waals surface area contributed by atoms with Gasteiger partial charge in [-0.25, -0.2) is 4.39 Å². The zero-order valence-electron chi connectivity index (χ0n) is 12.7. The van der Waals surface area contributed by atoms with E-state index in [4.69, 9.17) is 4.74 Å². The number of rotatable bonds is 5. The van der Waals surface area contributed by atoms with Crippen LogP contribution in [0.2, 0.25) is 0 Å². The van der Waals surface area contributed by atoms with Gasteiger partial charge in [0.1, 0.15) is 11.6 Å². The highest BCUT2D eigenvalue weighted by atomic mass is 19.1. The fraction of sp³-hybridized carbons (Fsp3) is 0.625. The summed E-state index contributed by atoms with van der Waals surface area (Å²) in [6, 6.07) is 5.37. The number of ether oxygens (including phenoxy) is 1. The van der Waals surface area contributed by atoms with Crippen molar-refractivity contribution in [3.05, 3.63) is 29.6 Å². The maximum absolute atomic E-state index is 14.1. The summed E-state index contributed by atoms with van der Waals surface area (Å²) in [5, 5.41) is 3.55. The zero-order valence-corrected chi connectivity index (χ0v) is 12.7. The van der Waals surface area contributed by atoms with Crippen LogP contribution in [-0.2, 0) is 0 Å². The molecule has 1 aromatic rings. The summed E-state index contributed by atoms with van der Waals surface area (Å²) in [5.74, 6) is 0.417. The van der Waals surface area contributed by atoms with E-state index in [1.165, 1.54) is 19.0 Å². The fourth-order valence-electron chi connectivity index (χ4n) is 3.03. The molecule has 0 amide bonds. The molecule has 3 nitrogen and oxygen atoms in total. The first-order chi connectivity index (χ1) is 9.65. The van der Waals surface area contributed by atoms with Crippen molar-refractivity contribution in [2.75, 3.05) is 26.7 Å². The molecule has 4 heteroatoms. The van der Waals surface area contributed by atoms with Crippen molar-refractivity contribution in [3.8, 4) is 5.75 Å². The van der Waals surface area contributed by atoms with Gasteiger partial charge in [-0.1, -0.05) is 13.0 Å². The van der Waals surface area contributed by atoms with Crippen molar-refractivity contribution < 1.29 is 9.13 Å². The molecule has 2 rings (SSSR count). The van der Waals surface area contributed by atoms with Gasteiger partial charge in [-0.15, -0.1) is 0 Å². The lowest BCUT2D eigenvalue weighted by Crippen LogP contribution is -2.46. The minimum absolute atomic E-state index is 0.0482. The normalized spacial score (nSPS) is 21.7. The molecule has 0 aliphatic carbocycles. The van der Waals surface area contributed by atoms with Gasteiger partial charge in [0.25, 0.3) is 0 Å². The van der Waals surface area contributed by atoms with E-state index >= 15 is 0 Å². The Kier molecular flexibility index (Phi) is 5.38. The van der Waals surface area contributed by atoms with E-state index in [-0.39, 0.29) is 11.9 Å². The Bertz CT molecular complexity index is 438. The monoisotopic (exact) mass is 280 g/mol. The molecule has 2 atom stereocenters. The largest absolute Gasteiger partial charge is 0.496 e. The van der Waals surface area contributed by atoms with E-state index in [0.29, 0.717) is 17.4 Å². The van der Waals surface area contributed by atoms with Crippen molar-refractivity contribution in [3.63, 3.8) is 0 Å². The molecule has 1 aromatic carbocycles. The maximum atomic E-state index is 14.1. The lowest BCUT2D eigenvalue weighted by molar-refractivity contribution is 0.191. The van der Waals surface area contributed by atoms with Crippen molar-refractivity contribution in [1.82, 2.24) is 10.2 Å². The smallest absolute Gasteiger partial charge is 0.131 e. The van der Waals surface area contributed by atoms with Crippen molar-refractivity contribution >= 4 is 0 Å². The highest BCUT2D eigenvalue weighted by Crippen LogP contribution is 2.28. The Morgan fingerprint density at radius 3 is 3.00 bits per heavy atom. The van der Waals surface area contributed by atoms with Gasteiger partial charge in [-0.3, -0.25) is 0 Å². The van der Waals surface area contributed by atoms with Crippen molar-refractivity contribution in [1.29, 1.82) is 0 Å². The molecule has 2 unspecified atom stereocenters. The predicted octanol–water partition coefficient (Wildman–Crippen LogP) is 2.97. The number of likely N-dealkylation sites (tertiary alicyclic amines) is 1. The van der Waals surface area contributed by atoms with Crippen LogP contribution < -0.4 is 10.1 Å². The third-order valence-electron chi connectivity index (χ3n) is 4.10. The van der Waals surface area contributed by atoms with E-state index in [2.05, 4.69) is 17.1 Å². The van der Waals surface area contributed by atoms with Crippen LogP contribution in [0.3, 0.4) is 0 Å². The number of hydrogen-bond acceptors (Lipinski definition) is 3. The van der Waals surface area contributed by atoms with E-state index in [1.807, 2.05) is 13.0 Å². The second-order valence-corrected chi connectivity index (χ2v) is 5.48. The van der Waals surface area contributed by atoms with E-state index in [1.54, 1.807) is 13.2 Å². The second-order valence-electron chi connectivity index (χ2n) is 5.48. The zero-order chi connectivity index (χ0) is 14.5. The number of nitrogens with one attached hydrogen (secondary N) is 1. The first-order valence-electron chi connectivity index (χ1n) is 7.46. The first-order valence-corrected chi connectivity index (χ1v) is 7.46. The van der Waals surface area contributed by atoms with E-state index < -0.39 is 0 Å². The van der Waals surface area contributed by atoms with Gasteiger partial charge in [0, 0.05) is 24.2 Å². The van der Waals surface area contributed by atoms with Crippen LogP contribution in [0.1, 0.15) is 38.3 Å². The van der Waals surface area contributed by atoms with E-state index in [9.17, 15) is 4.39 Å². The molecule has 0 radical (unpaired) electrons. The van der Waals surface area contributed by atoms with Crippen LogP contribution in [0.25, 0.3) is 0 Å². The number of halogens is 1. The third kappa shape index (κ3) is 3.49. The number of nitrogens with zero attached hydrogens (tertiary/aromatic N) is 1. The van der Waals surface area contributed by atoms with Crippen molar-refractivity contribution in [2.45, 2.75) is 38.8 Å². The summed E-state index contributed by atoms with van der Waals surface area (Å²) in [4.78, 5) is 2.44. The van der Waals surface area contributed by atoms with Gasteiger partial charge < -0.3 is 15.0 Å². The predicted molar refractivity (Wildman–Crippen MR) is 79.6 cm³/mol. The summed E-state index contributed by atoms with van der Waals surface area (Å²) < 4.78 is 19.3. The molecule has 1 saturated heterocycles. The topological polar surface area (TPSA) is 24.5 Å². The summed E-state index contributed by atoms with van der Waals surface area (Å²) in [6.45, 7) is 7.48. The van der Waals surface area contributed by atoms with Gasteiger partial charge in [0.15, 0.2) is 0 Å². The molecule has 0 spiro atoms. The van der Waals surface area contributed by atoms with Crippen LogP contribution in [0.15, 0.2) is 18.2 Å². The Morgan fingerprint density at radius 1 is 1.50 bits per heavy atom. The minimum atomic E-state index is -0.201. The van der Waals surface area contributed by atoms with Gasteiger partial charge >= 0.3 is 0 Å². The minimum Gasteiger partial charge on any atom is -0.496 e. The van der Waals surface area contributed by atoms with Crippen molar-refractivity contribution in [2.24, 2.45) is 0 Å². The van der Waals surface area contributed by atoms with E-state index in [0.717, 1.165) is 19.5 Å². The summed E-state index contributed by atoms with van der Waals surface area (Å²) in [7, 11) is 1.59. The fourth-order valence-corrected chi connectivity index (χ4v) is 3.03. The van der Waals surface area contributed by atoms with Crippen LogP contribution in [-0.4, -0.2) is 37.7 Å². The number of methoxy groups -OCH3 is 1. The quantitative estimate of drug-likeness (QED) is 0.897. The van der Waals surface area contributed by atoms with Crippen LogP contribution >= 0.6 is 0 Å². The molecule has 0 aromatic heterocycles. The molecule has 1 aliphatic heterocycles. The van der Waals surface area contributed by atoms with Gasteiger partial charge in [-0.05, 0) is 45.0 Å². The molecule has 1 N–H and O–H groups in total. The Hall–Kier alpha value is -1.13.